The minimum absolute atomic E-state index is 0.456. The van der Waals surface area contributed by atoms with Gasteiger partial charge in [0.25, 0.3) is 0 Å². The normalized spacial score (nSPS) is 14.8. The predicted molar refractivity (Wildman–Crippen MR) is 75.1 cm³/mol. The molecule has 20 heavy (non-hydrogen) atoms. The fraction of sp³-hybridized carbons (Fsp3) is 0.533. The highest BCUT2D eigenvalue weighted by molar-refractivity contribution is 5.54. The highest BCUT2D eigenvalue weighted by Gasteiger charge is 2.33. The van der Waals surface area contributed by atoms with Crippen molar-refractivity contribution in [3.63, 3.8) is 0 Å². The smallest absolute Gasteiger partial charge is 0.203 e. The molecular weight excluding hydrogens is 258 g/mol. The van der Waals surface area contributed by atoms with Crippen LogP contribution in [-0.2, 0) is 0 Å². The summed E-state index contributed by atoms with van der Waals surface area (Å²) in [5.41, 5.74) is -0.310. The summed E-state index contributed by atoms with van der Waals surface area (Å²) in [6.45, 7) is 3.59. The standard InChI is InChI=1S/C15H21NO4/c1-6-15(2,9-16)14(17)10-7-11(18-3)13(20-5)12(8-10)19-4/h7-8,14,17H,6H2,1-5H3. The van der Waals surface area contributed by atoms with Crippen LogP contribution in [0, 0.1) is 16.7 Å². The second-order valence-corrected chi connectivity index (χ2v) is 4.74. The Kier molecular flexibility index (Phi) is 5.23. The molecule has 0 aliphatic rings. The van der Waals surface area contributed by atoms with Gasteiger partial charge in [0.1, 0.15) is 0 Å². The van der Waals surface area contributed by atoms with Crippen LogP contribution in [0.4, 0.5) is 0 Å². The summed E-state index contributed by atoms with van der Waals surface area (Å²) >= 11 is 0. The maximum atomic E-state index is 10.5. The van der Waals surface area contributed by atoms with Crippen LogP contribution in [0.15, 0.2) is 12.1 Å². The zero-order chi connectivity index (χ0) is 15.3. The Morgan fingerprint density at radius 2 is 1.70 bits per heavy atom. The number of aliphatic hydroxyl groups is 1. The van der Waals surface area contributed by atoms with Crippen LogP contribution < -0.4 is 14.2 Å². The van der Waals surface area contributed by atoms with Gasteiger partial charge in [-0.05, 0) is 31.0 Å². The van der Waals surface area contributed by atoms with Gasteiger partial charge in [-0.2, -0.15) is 5.26 Å². The summed E-state index contributed by atoms with van der Waals surface area (Å²) < 4.78 is 15.7. The summed E-state index contributed by atoms with van der Waals surface area (Å²) in [6.07, 6.45) is -0.410. The highest BCUT2D eigenvalue weighted by atomic mass is 16.5. The molecule has 0 fully saturated rings. The van der Waals surface area contributed by atoms with E-state index in [0.29, 0.717) is 29.2 Å². The SMILES string of the molecule is CCC(C)(C#N)C(O)c1cc(OC)c(OC)c(OC)c1. The molecule has 110 valence electrons. The monoisotopic (exact) mass is 279 g/mol. The molecule has 0 radical (unpaired) electrons. The molecule has 0 aliphatic carbocycles. The molecule has 1 aromatic carbocycles. The van der Waals surface area contributed by atoms with E-state index >= 15 is 0 Å². The molecule has 5 heteroatoms. The van der Waals surface area contributed by atoms with Crippen LogP contribution in [0.5, 0.6) is 17.2 Å². The number of rotatable bonds is 6. The molecule has 0 bridgehead atoms. The third-order valence-corrected chi connectivity index (χ3v) is 3.60. The van der Waals surface area contributed by atoms with Crippen molar-refractivity contribution in [1.29, 1.82) is 5.26 Å². The number of nitriles is 1. The van der Waals surface area contributed by atoms with Gasteiger partial charge in [-0.1, -0.05) is 6.92 Å². The van der Waals surface area contributed by atoms with Crippen molar-refractivity contribution in [3.05, 3.63) is 17.7 Å². The van der Waals surface area contributed by atoms with E-state index in [0.717, 1.165) is 0 Å². The third-order valence-electron chi connectivity index (χ3n) is 3.60. The Labute approximate surface area is 119 Å². The minimum Gasteiger partial charge on any atom is -0.493 e. The number of hydrogen-bond donors (Lipinski definition) is 1. The van der Waals surface area contributed by atoms with Gasteiger partial charge in [0, 0.05) is 0 Å². The lowest BCUT2D eigenvalue weighted by Crippen LogP contribution is -2.23. The van der Waals surface area contributed by atoms with Crippen molar-refractivity contribution in [1.82, 2.24) is 0 Å². The Balaban J connectivity index is 3.37. The van der Waals surface area contributed by atoms with Crippen molar-refractivity contribution < 1.29 is 19.3 Å². The quantitative estimate of drug-likeness (QED) is 0.866. The molecule has 1 N–H and O–H groups in total. The van der Waals surface area contributed by atoms with E-state index in [1.165, 1.54) is 21.3 Å². The van der Waals surface area contributed by atoms with Crippen LogP contribution in [0.3, 0.4) is 0 Å². The largest absolute Gasteiger partial charge is 0.493 e. The molecule has 0 amide bonds. The molecule has 0 saturated heterocycles. The van der Waals surface area contributed by atoms with Gasteiger partial charge in [0.2, 0.25) is 5.75 Å². The second-order valence-electron chi connectivity index (χ2n) is 4.74. The first-order chi connectivity index (χ1) is 9.47. The van der Waals surface area contributed by atoms with Gasteiger partial charge in [-0.15, -0.1) is 0 Å². The summed E-state index contributed by atoms with van der Waals surface area (Å²) in [5.74, 6) is 1.37. The van der Waals surface area contributed by atoms with Crippen LogP contribution in [0.1, 0.15) is 31.9 Å². The maximum absolute atomic E-state index is 10.5. The van der Waals surface area contributed by atoms with Crippen LogP contribution in [0.2, 0.25) is 0 Å². The Morgan fingerprint density at radius 1 is 1.20 bits per heavy atom. The number of nitrogens with zero attached hydrogens (tertiary/aromatic N) is 1. The van der Waals surface area contributed by atoms with E-state index in [1.54, 1.807) is 19.1 Å². The van der Waals surface area contributed by atoms with E-state index in [2.05, 4.69) is 6.07 Å². The molecule has 2 unspecified atom stereocenters. The molecule has 0 aliphatic heterocycles. The number of methoxy groups -OCH3 is 3. The first-order valence-corrected chi connectivity index (χ1v) is 6.36. The van der Waals surface area contributed by atoms with Crippen LogP contribution in [-0.4, -0.2) is 26.4 Å². The fourth-order valence-corrected chi connectivity index (χ4v) is 1.96. The van der Waals surface area contributed by atoms with Crippen molar-refractivity contribution in [2.75, 3.05) is 21.3 Å². The van der Waals surface area contributed by atoms with E-state index in [-0.39, 0.29) is 0 Å². The maximum Gasteiger partial charge on any atom is 0.203 e. The van der Waals surface area contributed by atoms with Crippen molar-refractivity contribution in [2.45, 2.75) is 26.4 Å². The Bertz CT molecular complexity index is 484. The number of benzene rings is 1. The molecule has 1 aromatic rings. The lowest BCUT2D eigenvalue weighted by atomic mass is 9.80. The average Bonchev–Trinajstić information content (AvgIpc) is 2.51. The molecule has 1 rings (SSSR count). The molecular formula is C15H21NO4. The van der Waals surface area contributed by atoms with Crippen molar-refractivity contribution >= 4 is 0 Å². The average molecular weight is 279 g/mol. The zero-order valence-electron chi connectivity index (χ0n) is 12.6. The third kappa shape index (κ3) is 2.81. The molecule has 5 nitrogen and oxygen atoms in total. The van der Waals surface area contributed by atoms with E-state index in [1.807, 2.05) is 6.92 Å². The second kappa shape index (κ2) is 6.49. The molecule has 0 spiro atoms. The van der Waals surface area contributed by atoms with E-state index in [4.69, 9.17) is 14.2 Å². The van der Waals surface area contributed by atoms with Crippen LogP contribution in [0.25, 0.3) is 0 Å². The zero-order valence-corrected chi connectivity index (χ0v) is 12.6. The molecule has 0 heterocycles. The van der Waals surface area contributed by atoms with E-state index < -0.39 is 11.5 Å². The van der Waals surface area contributed by atoms with Gasteiger partial charge < -0.3 is 19.3 Å². The summed E-state index contributed by atoms with van der Waals surface area (Å²) in [7, 11) is 4.54. The van der Waals surface area contributed by atoms with Gasteiger partial charge in [0.15, 0.2) is 11.5 Å². The summed E-state index contributed by atoms with van der Waals surface area (Å²) in [5, 5.41) is 19.7. The van der Waals surface area contributed by atoms with Crippen molar-refractivity contribution in [3.8, 4) is 23.3 Å². The van der Waals surface area contributed by atoms with Crippen LogP contribution >= 0.6 is 0 Å². The first-order valence-electron chi connectivity index (χ1n) is 6.36. The first kappa shape index (κ1) is 16.1. The lowest BCUT2D eigenvalue weighted by Gasteiger charge is -2.27. The Hall–Kier alpha value is -1.93. The van der Waals surface area contributed by atoms with Gasteiger partial charge in [-0.3, -0.25) is 0 Å². The lowest BCUT2D eigenvalue weighted by molar-refractivity contribution is 0.0717. The van der Waals surface area contributed by atoms with Crippen molar-refractivity contribution in [2.24, 2.45) is 5.41 Å². The fourth-order valence-electron chi connectivity index (χ4n) is 1.96. The minimum atomic E-state index is -0.939. The van der Waals surface area contributed by atoms with E-state index in [9.17, 15) is 10.4 Å². The molecule has 2 atom stereocenters. The molecule has 0 saturated carbocycles. The number of aliphatic hydroxyl groups excluding tert-OH is 1. The van der Waals surface area contributed by atoms with Gasteiger partial charge >= 0.3 is 0 Å². The molecule has 0 aromatic heterocycles. The predicted octanol–water partition coefficient (Wildman–Crippen LogP) is 2.69. The number of ether oxygens (including phenoxy) is 3. The van der Waals surface area contributed by atoms with Gasteiger partial charge in [0.05, 0.1) is 38.9 Å². The number of hydrogen-bond acceptors (Lipinski definition) is 5. The topological polar surface area (TPSA) is 71.7 Å². The highest BCUT2D eigenvalue weighted by Crippen LogP contribution is 2.43. The Morgan fingerprint density at radius 3 is 2.00 bits per heavy atom. The summed E-state index contributed by atoms with van der Waals surface area (Å²) in [6, 6.07) is 5.49. The summed E-state index contributed by atoms with van der Waals surface area (Å²) in [4.78, 5) is 0. The van der Waals surface area contributed by atoms with Gasteiger partial charge in [-0.25, -0.2) is 0 Å².